The molecular formula is C19H21Cl2N3O5S. The van der Waals surface area contributed by atoms with Gasteiger partial charge in [0.2, 0.25) is 5.91 Å². The predicted octanol–water partition coefficient (Wildman–Crippen LogP) is 3.19. The van der Waals surface area contributed by atoms with E-state index in [0.717, 1.165) is 4.88 Å². The second kappa shape index (κ2) is 10.5. The van der Waals surface area contributed by atoms with E-state index in [1.54, 1.807) is 13.8 Å². The van der Waals surface area contributed by atoms with E-state index in [2.05, 4.69) is 10.6 Å². The van der Waals surface area contributed by atoms with Crippen LogP contribution >= 0.6 is 34.5 Å². The van der Waals surface area contributed by atoms with Crippen molar-refractivity contribution >= 4 is 58.0 Å². The lowest BCUT2D eigenvalue weighted by Gasteiger charge is -2.20. The van der Waals surface area contributed by atoms with Crippen LogP contribution in [0.1, 0.15) is 39.5 Å². The SMILES string of the molecule is CCOC(=O)C[C@H](NC(=O)CNC(=O)c1cc(N)c(C)s1)c1cc(Cl)cc(Cl)c1O. The van der Waals surface area contributed by atoms with Crippen LogP contribution in [0.2, 0.25) is 10.0 Å². The highest BCUT2D eigenvalue weighted by molar-refractivity contribution is 7.14. The van der Waals surface area contributed by atoms with Crippen molar-refractivity contribution in [3.8, 4) is 5.75 Å². The number of amides is 2. The van der Waals surface area contributed by atoms with Crippen LogP contribution in [0.5, 0.6) is 5.75 Å². The van der Waals surface area contributed by atoms with Crippen molar-refractivity contribution in [1.82, 2.24) is 10.6 Å². The van der Waals surface area contributed by atoms with Crippen LogP contribution in [0.15, 0.2) is 18.2 Å². The molecule has 30 heavy (non-hydrogen) atoms. The molecular weight excluding hydrogens is 453 g/mol. The van der Waals surface area contributed by atoms with Crippen molar-refractivity contribution in [2.24, 2.45) is 0 Å². The number of rotatable bonds is 8. The largest absolute Gasteiger partial charge is 0.506 e. The number of carbonyl (C=O) groups excluding carboxylic acids is 3. The molecule has 0 saturated carbocycles. The quantitative estimate of drug-likeness (QED) is 0.435. The van der Waals surface area contributed by atoms with Crippen molar-refractivity contribution in [1.29, 1.82) is 0 Å². The number of aryl methyl sites for hydroxylation is 1. The van der Waals surface area contributed by atoms with Crippen LogP contribution in [0, 0.1) is 6.92 Å². The smallest absolute Gasteiger partial charge is 0.308 e. The Bertz CT molecular complexity index is 944. The van der Waals surface area contributed by atoms with E-state index in [1.165, 1.54) is 29.5 Å². The Balaban J connectivity index is 2.12. The Hall–Kier alpha value is -2.49. The molecule has 0 spiro atoms. The first-order chi connectivity index (χ1) is 14.1. The number of phenolic OH excluding ortho intramolecular Hbond substituents is 1. The van der Waals surface area contributed by atoms with Gasteiger partial charge in [-0.05, 0) is 32.0 Å². The Morgan fingerprint density at radius 1 is 1.27 bits per heavy atom. The van der Waals surface area contributed by atoms with Gasteiger partial charge in [0.1, 0.15) is 5.75 Å². The number of benzene rings is 1. The normalized spacial score (nSPS) is 11.6. The Morgan fingerprint density at radius 3 is 2.57 bits per heavy atom. The van der Waals surface area contributed by atoms with Gasteiger partial charge in [-0.2, -0.15) is 0 Å². The molecule has 0 bridgehead atoms. The van der Waals surface area contributed by atoms with Crippen molar-refractivity contribution < 1.29 is 24.2 Å². The predicted molar refractivity (Wildman–Crippen MR) is 116 cm³/mol. The van der Waals surface area contributed by atoms with Gasteiger partial charge in [-0.1, -0.05) is 23.2 Å². The zero-order chi connectivity index (χ0) is 22.4. The van der Waals surface area contributed by atoms with Crippen LogP contribution < -0.4 is 16.4 Å². The Morgan fingerprint density at radius 2 is 1.97 bits per heavy atom. The number of esters is 1. The minimum absolute atomic E-state index is 0.0282. The molecule has 1 atom stereocenters. The number of nitrogen functional groups attached to an aromatic ring is 1. The van der Waals surface area contributed by atoms with Crippen LogP contribution in [-0.4, -0.2) is 36.0 Å². The van der Waals surface area contributed by atoms with Gasteiger partial charge >= 0.3 is 5.97 Å². The van der Waals surface area contributed by atoms with E-state index < -0.39 is 23.8 Å². The number of aromatic hydroxyl groups is 1. The third-order valence-electron chi connectivity index (χ3n) is 4.03. The van der Waals surface area contributed by atoms with E-state index in [1.807, 2.05) is 0 Å². The lowest BCUT2D eigenvalue weighted by atomic mass is 10.0. The molecule has 1 heterocycles. The molecule has 0 fully saturated rings. The molecule has 0 unspecified atom stereocenters. The summed E-state index contributed by atoms with van der Waals surface area (Å²) in [5.74, 6) is -1.95. The van der Waals surface area contributed by atoms with Gasteiger partial charge in [0.05, 0.1) is 35.5 Å². The molecule has 8 nitrogen and oxygen atoms in total. The van der Waals surface area contributed by atoms with Gasteiger partial charge in [0, 0.05) is 21.2 Å². The monoisotopic (exact) mass is 473 g/mol. The first-order valence-electron chi connectivity index (χ1n) is 8.89. The highest BCUT2D eigenvalue weighted by Gasteiger charge is 2.24. The maximum absolute atomic E-state index is 12.4. The molecule has 5 N–H and O–H groups in total. The van der Waals surface area contributed by atoms with Crippen molar-refractivity contribution in [3.63, 3.8) is 0 Å². The fourth-order valence-electron chi connectivity index (χ4n) is 2.58. The summed E-state index contributed by atoms with van der Waals surface area (Å²) in [6, 6.07) is 3.29. The fourth-order valence-corrected chi connectivity index (χ4v) is 3.94. The van der Waals surface area contributed by atoms with E-state index in [0.29, 0.717) is 10.6 Å². The number of ether oxygens (including phenoxy) is 1. The molecule has 0 radical (unpaired) electrons. The fraction of sp³-hybridized carbons (Fsp3) is 0.316. The molecule has 0 aliphatic rings. The summed E-state index contributed by atoms with van der Waals surface area (Å²) in [5, 5.41) is 15.5. The number of hydrogen-bond acceptors (Lipinski definition) is 7. The van der Waals surface area contributed by atoms with Gasteiger partial charge in [-0.3, -0.25) is 14.4 Å². The summed E-state index contributed by atoms with van der Waals surface area (Å²) < 4.78 is 4.93. The van der Waals surface area contributed by atoms with E-state index >= 15 is 0 Å². The van der Waals surface area contributed by atoms with E-state index in [4.69, 9.17) is 33.7 Å². The number of nitrogens with two attached hydrogens (primary N) is 1. The summed E-state index contributed by atoms with van der Waals surface area (Å²) in [6.07, 6.45) is -0.265. The number of carbonyl (C=O) groups is 3. The highest BCUT2D eigenvalue weighted by atomic mass is 35.5. The second-order valence-corrected chi connectivity index (χ2v) is 8.36. The lowest BCUT2D eigenvalue weighted by Crippen LogP contribution is -2.39. The zero-order valence-corrected chi connectivity index (χ0v) is 18.6. The number of nitrogens with one attached hydrogen (secondary N) is 2. The summed E-state index contributed by atoms with van der Waals surface area (Å²) in [5.41, 5.74) is 6.39. The van der Waals surface area contributed by atoms with Crippen LogP contribution in [0.25, 0.3) is 0 Å². The number of halogens is 2. The topological polar surface area (TPSA) is 131 Å². The molecule has 1 aromatic heterocycles. The summed E-state index contributed by atoms with van der Waals surface area (Å²) in [4.78, 5) is 37.7. The number of anilines is 1. The maximum atomic E-state index is 12.4. The van der Waals surface area contributed by atoms with Crippen LogP contribution in [0.3, 0.4) is 0 Å². The van der Waals surface area contributed by atoms with Gasteiger partial charge in [0.15, 0.2) is 0 Å². The van der Waals surface area contributed by atoms with Gasteiger partial charge in [0.25, 0.3) is 5.91 Å². The Labute approximate surface area is 187 Å². The molecule has 2 rings (SSSR count). The number of hydrogen-bond donors (Lipinski definition) is 4. The van der Waals surface area contributed by atoms with Gasteiger partial charge < -0.3 is 26.2 Å². The minimum atomic E-state index is -0.968. The van der Waals surface area contributed by atoms with Gasteiger partial charge in [-0.25, -0.2) is 0 Å². The standard InChI is InChI=1S/C19H21Cl2N3O5S/c1-3-29-17(26)7-14(11-4-10(20)5-12(21)18(11)27)24-16(25)8-23-19(28)15-6-13(22)9(2)30-15/h4-6,14,27H,3,7-8,22H2,1-2H3,(H,23,28)(H,24,25)/t14-/m0/s1. The van der Waals surface area contributed by atoms with Gasteiger partial charge in [-0.15, -0.1) is 11.3 Å². The van der Waals surface area contributed by atoms with Crippen LogP contribution in [0.4, 0.5) is 5.69 Å². The highest BCUT2D eigenvalue weighted by Crippen LogP contribution is 2.36. The molecule has 0 saturated heterocycles. The molecule has 2 amide bonds. The molecule has 2 aromatic rings. The Kier molecular flexibility index (Phi) is 8.33. The first kappa shape index (κ1) is 23.8. The maximum Gasteiger partial charge on any atom is 0.308 e. The molecule has 1 aromatic carbocycles. The molecule has 0 aliphatic heterocycles. The second-order valence-electron chi connectivity index (χ2n) is 6.26. The van der Waals surface area contributed by atoms with E-state index in [-0.39, 0.29) is 40.9 Å². The average molecular weight is 474 g/mol. The average Bonchev–Trinajstić information content (AvgIpc) is 3.01. The molecule has 0 aliphatic carbocycles. The zero-order valence-electron chi connectivity index (χ0n) is 16.3. The third kappa shape index (κ3) is 6.25. The summed E-state index contributed by atoms with van der Waals surface area (Å²) >= 11 is 13.2. The number of thiophene rings is 1. The molecule has 11 heteroatoms. The lowest BCUT2D eigenvalue weighted by molar-refractivity contribution is -0.143. The minimum Gasteiger partial charge on any atom is -0.506 e. The molecule has 162 valence electrons. The van der Waals surface area contributed by atoms with Crippen molar-refractivity contribution in [2.45, 2.75) is 26.3 Å². The summed E-state index contributed by atoms with van der Waals surface area (Å²) in [7, 11) is 0. The third-order valence-corrected chi connectivity index (χ3v) is 5.61. The van der Waals surface area contributed by atoms with E-state index in [9.17, 15) is 19.5 Å². The summed E-state index contributed by atoms with van der Waals surface area (Å²) in [6.45, 7) is 3.23. The van der Waals surface area contributed by atoms with Crippen molar-refractivity contribution in [3.05, 3.63) is 43.6 Å². The first-order valence-corrected chi connectivity index (χ1v) is 10.5. The van der Waals surface area contributed by atoms with Crippen LogP contribution in [-0.2, 0) is 14.3 Å². The number of phenols is 1. The van der Waals surface area contributed by atoms with Crippen molar-refractivity contribution in [2.75, 3.05) is 18.9 Å².